The van der Waals surface area contributed by atoms with Gasteiger partial charge in [-0.1, -0.05) is 0 Å². The largest absolute Gasteiger partial charge is 0.370 e. The second kappa shape index (κ2) is 7.53. The van der Waals surface area contributed by atoms with Crippen LogP contribution >= 0.6 is 0 Å². The molecule has 3 aromatic rings. The molecule has 3 atom stereocenters. The maximum Gasteiger partial charge on any atom is 0.191 e. The van der Waals surface area contributed by atoms with Gasteiger partial charge in [0.05, 0.1) is 18.0 Å². The molecular weight excluding hydrogens is 392 g/mol. The molecule has 158 valence electrons. The van der Waals surface area contributed by atoms with Crippen LogP contribution in [0.4, 0.5) is 8.78 Å². The maximum absolute atomic E-state index is 14.2. The number of imidazole rings is 1. The highest BCUT2D eigenvalue weighted by atomic mass is 19.1. The third-order valence-corrected chi connectivity index (χ3v) is 5.99. The molecule has 5 rings (SSSR count). The highest BCUT2D eigenvalue weighted by Crippen LogP contribution is 2.35. The smallest absolute Gasteiger partial charge is 0.191 e. The number of fused-ring (bicyclic) bond motifs is 1. The third-order valence-electron chi connectivity index (χ3n) is 5.99. The zero-order chi connectivity index (χ0) is 20.8. The first kappa shape index (κ1) is 19.3. The van der Waals surface area contributed by atoms with Crippen LogP contribution in [0, 0.1) is 11.6 Å². The van der Waals surface area contributed by atoms with Crippen LogP contribution in [0.15, 0.2) is 24.5 Å². The van der Waals surface area contributed by atoms with E-state index in [2.05, 4.69) is 31.6 Å². The summed E-state index contributed by atoms with van der Waals surface area (Å²) in [6, 6.07) is 3.05. The van der Waals surface area contributed by atoms with Crippen LogP contribution in [-0.2, 0) is 24.4 Å². The van der Waals surface area contributed by atoms with Gasteiger partial charge in [-0.05, 0) is 31.5 Å². The standard InChI is InChI=1S/C20H23F2N7O/c1-2-29-17-8-28(7-16(17)26-20(29)19-24-10-25-27-19)12-6-15(23)18(30-9-12)13-5-11(21)3-4-14(13)22/h3-5,10,12,15,18H,2,6-9,23H2,1H3,(H,24,25,27)/t12-,15+,18-/m1/s1. The molecule has 0 unspecified atom stereocenters. The van der Waals surface area contributed by atoms with Crippen molar-refractivity contribution < 1.29 is 13.5 Å². The van der Waals surface area contributed by atoms with Gasteiger partial charge in [0.25, 0.3) is 0 Å². The minimum absolute atomic E-state index is 0.0844. The van der Waals surface area contributed by atoms with Gasteiger partial charge in [0.1, 0.15) is 24.1 Å². The van der Waals surface area contributed by atoms with Gasteiger partial charge in [-0.3, -0.25) is 10.00 Å². The first-order valence-corrected chi connectivity index (χ1v) is 10.0. The Balaban J connectivity index is 1.31. The average molecular weight is 415 g/mol. The highest BCUT2D eigenvalue weighted by Gasteiger charge is 2.38. The number of hydrogen-bond acceptors (Lipinski definition) is 6. The molecule has 0 saturated carbocycles. The van der Waals surface area contributed by atoms with E-state index in [0.717, 1.165) is 42.4 Å². The fraction of sp³-hybridized carbons (Fsp3) is 0.450. The topological polar surface area (TPSA) is 97.9 Å². The van der Waals surface area contributed by atoms with Gasteiger partial charge < -0.3 is 15.0 Å². The van der Waals surface area contributed by atoms with Crippen molar-refractivity contribution >= 4 is 0 Å². The van der Waals surface area contributed by atoms with E-state index in [-0.39, 0.29) is 11.6 Å². The zero-order valence-electron chi connectivity index (χ0n) is 16.6. The summed E-state index contributed by atoms with van der Waals surface area (Å²) in [5, 5.41) is 6.79. The minimum Gasteiger partial charge on any atom is -0.370 e. The summed E-state index contributed by atoms with van der Waals surface area (Å²) in [5.74, 6) is 0.452. The molecule has 2 aliphatic heterocycles. The Labute approximate surface area is 172 Å². The SMILES string of the molecule is CCn1c(-c2ncn[nH]2)nc2c1CN([C@H]1CO[C@H](c3cc(F)ccc3F)[C@@H](N)C1)C2. The third kappa shape index (κ3) is 3.21. The predicted molar refractivity (Wildman–Crippen MR) is 104 cm³/mol. The Morgan fingerprint density at radius 1 is 1.30 bits per heavy atom. The first-order chi connectivity index (χ1) is 14.5. The van der Waals surface area contributed by atoms with Crippen molar-refractivity contribution in [3.8, 4) is 11.6 Å². The lowest BCUT2D eigenvalue weighted by atomic mass is 9.93. The van der Waals surface area contributed by atoms with Gasteiger partial charge >= 0.3 is 0 Å². The number of H-pyrrole nitrogens is 1. The second-order valence-corrected chi connectivity index (χ2v) is 7.79. The molecule has 0 amide bonds. The molecule has 0 spiro atoms. The predicted octanol–water partition coefficient (Wildman–Crippen LogP) is 2.14. The number of benzene rings is 1. The van der Waals surface area contributed by atoms with Gasteiger partial charge in [0, 0.05) is 37.3 Å². The summed E-state index contributed by atoms with van der Waals surface area (Å²) in [6.45, 7) is 4.66. The number of nitrogens with zero attached hydrogens (tertiary/aromatic N) is 5. The van der Waals surface area contributed by atoms with Crippen LogP contribution in [0.1, 0.15) is 36.4 Å². The Kier molecular flexibility index (Phi) is 4.84. The van der Waals surface area contributed by atoms with E-state index in [1.54, 1.807) is 0 Å². The molecule has 4 heterocycles. The summed E-state index contributed by atoms with van der Waals surface area (Å²) < 4.78 is 35.8. The fourth-order valence-corrected chi connectivity index (χ4v) is 4.52. The molecule has 30 heavy (non-hydrogen) atoms. The number of halogens is 2. The van der Waals surface area contributed by atoms with Crippen molar-refractivity contribution in [2.45, 2.75) is 51.2 Å². The Morgan fingerprint density at radius 3 is 2.90 bits per heavy atom. The molecule has 8 nitrogen and oxygen atoms in total. The number of aromatic nitrogens is 5. The number of aromatic amines is 1. The van der Waals surface area contributed by atoms with Crippen LogP contribution in [0.3, 0.4) is 0 Å². The Bertz CT molecular complexity index is 1050. The lowest BCUT2D eigenvalue weighted by Gasteiger charge is -2.38. The van der Waals surface area contributed by atoms with E-state index < -0.39 is 23.8 Å². The number of ether oxygens (including phenoxy) is 1. The average Bonchev–Trinajstić information content (AvgIpc) is 3.45. The van der Waals surface area contributed by atoms with E-state index >= 15 is 0 Å². The maximum atomic E-state index is 14.2. The van der Waals surface area contributed by atoms with Crippen molar-refractivity contribution in [3.63, 3.8) is 0 Å². The molecule has 0 bridgehead atoms. The van der Waals surface area contributed by atoms with Crippen LogP contribution in [0.25, 0.3) is 11.6 Å². The quantitative estimate of drug-likeness (QED) is 0.678. The molecule has 1 fully saturated rings. The minimum atomic E-state index is -0.650. The molecule has 2 aromatic heterocycles. The number of hydrogen-bond donors (Lipinski definition) is 2. The Hall–Kier alpha value is -2.69. The molecule has 0 radical (unpaired) electrons. The molecular formula is C20H23F2N7O. The summed E-state index contributed by atoms with van der Waals surface area (Å²) in [6.07, 6.45) is 1.45. The summed E-state index contributed by atoms with van der Waals surface area (Å²) in [5.41, 5.74) is 8.67. The summed E-state index contributed by atoms with van der Waals surface area (Å²) in [4.78, 5) is 11.3. The molecule has 0 aliphatic carbocycles. The van der Waals surface area contributed by atoms with Gasteiger partial charge in [-0.15, -0.1) is 0 Å². The van der Waals surface area contributed by atoms with Gasteiger partial charge in [0.15, 0.2) is 11.6 Å². The van der Waals surface area contributed by atoms with Gasteiger partial charge in [-0.2, -0.15) is 5.10 Å². The van der Waals surface area contributed by atoms with E-state index in [1.165, 1.54) is 12.4 Å². The van der Waals surface area contributed by atoms with Crippen molar-refractivity contribution in [2.75, 3.05) is 6.61 Å². The van der Waals surface area contributed by atoms with Crippen LogP contribution in [-0.4, -0.2) is 48.3 Å². The lowest BCUT2D eigenvalue weighted by Crippen LogP contribution is -2.47. The molecule has 10 heteroatoms. The molecule has 2 aliphatic rings. The number of nitrogens with one attached hydrogen (secondary N) is 1. The number of rotatable bonds is 4. The molecule has 1 saturated heterocycles. The van der Waals surface area contributed by atoms with Crippen molar-refractivity contribution in [3.05, 3.63) is 53.1 Å². The van der Waals surface area contributed by atoms with Gasteiger partial charge in [0.2, 0.25) is 0 Å². The van der Waals surface area contributed by atoms with E-state index in [1.807, 2.05) is 0 Å². The second-order valence-electron chi connectivity index (χ2n) is 7.79. The summed E-state index contributed by atoms with van der Waals surface area (Å²) in [7, 11) is 0. The first-order valence-electron chi connectivity index (χ1n) is 10.0. The van der Waals surface area contributed by atoms with E-state index in [4.69, 9.17) is 15.5 Å². The highest BCUT2D eigenvalue weighted by molar-refractivity contribution is 5.46. The van der Waals surface area contributed by atoms with Crippen molar-refractivity contribution in [1.82, 2.24) is 29.6 Å². The van der Waals surface area contributed by atoms with Crippen LogP contribution in [0.5, 0.6) is 0 Å². The summed E-state index contributed by atoms with van der Waals surface area (Å²) >= 11 is 0. The Morgan fingerprint density at radius 2 is 2.17 bits per heavy atom. The number of nitrogens with two attached hydrogens (primary N) is 1. The monoisotopic (exact) mass is 415 g/mol. The molecule has 3 N–H and O–H groups in total. The van der Waals surface area contributed by atoms with Crippen LogP contribution < -0.4 is 5.73 Å². The van der Waals surface area contributed by atoms with Crippen LogP contribution in [0.2, 0.25) is 0 Å². The van der Waals surface area contributed by atoms with E-state index in [0.29, 0.717) is 25.4 Å². The van der Waals surface area contributed by atoms with Gasteiger partial charge in [-0.25, -0.2) is 18.7 Å². The molecule has 1 aromatic carbocycles. The normalized spacial score (nSPS) is 24.3. The van der Waals surface area contributed by atoms with Crippen molar-refractivity contribution in [1.29, 1.82) is 0 Å². The van der Waals surface area contributed by atoms with E-state index in [9.17, 15) is 8.78 Å². The zero-order valence-corrected chi connectivity index (χ0v) is 16.6. The lowest BCUT2D eigenvalue weighted by molar-refractivity contribution is -0.0535. The fourth-order valence-electron chi connectivity index (χ4n) is 4.52. The van der Waals surface area contributed by atoms with Crippen molar-refractivity contribution in [2.24, 2.45) is 5.73 Å².